The highest BCUT2D eigenvalue weighted by molar-refractivity contribution is 7.89. The number of carbonyl (C=O) groups is 2. The Labute approximate surface area is 181 Å². The van der Waals surface area contributed by atoms with E-state index in [-0.39, 0.29) is 21.6 Å². The molecule has 0 bridgehead atoms. The number of esters is 1. The fraction of sp³-hybridized carbons (Fsp3) is 0.333. The van der Waals surface area contributed by atoms with Crippen molar-refractivity contribution < 1.29 is 32.2 Å². The molecule has 0 aliphatic heterocycles. The van der Waals surface area contributed by atoms with Gasteiger partial charge in [-0.05, 0) is 41.3 Å². The summed E-state index contributed by atoms with van der Waals surface area (Å²) in [6.45, 7) is 5.49. The summed E-state index contributed by atoms with van der Waals surface area (Å²) in [6.07, 6.45) is 0. The minimum absolute atomic E-state index is 0.0809. The maximum atomic E-state index is 12.4. The van der Waals surface area contributed by atoms with Crippen molar-refractivity contribution in [2.75, 3.05) is 26.1 Å². The number of ether oxygens (including phenoxy) is 3. The first-order valence-corrected chi connectivity index (χ1v) is 10.8. The number of rotatable bonds is 7. The number of primary sulfonamides is 1. The van der Waals surface area contributed by atoms with E-state index in [0.717, 1.165) is 11.6 Å². The van der Waals surface area contributed by atoms with Gasteiger partial charge in [0.2, 0.25) is 10.0 Å². The van der Waals surface area contributed by atoms with Gasteiger partial charge < -0.3 is 19.5 Å². The Morgan fingerprint density at radius 1 is 1.00 bits per heavy atom. The SMILES string of the molecule is COc1ccc(C(C)(C)C)cc1NC(=O)COC(=O)c1cc(S(N)(=O)=O)ccc1OC. The summed E-state index contributed by atoms with van der Waals surface area (Å²) in [5.41, 5.74) is 1.09. The molecule has 0 atom stereocenters. The van der Waals surface area contributed by atoms with Crippen molar-refractivity contribution in [3.63, 3.8) is 0 Å². The maximum Gasteiger partial charge on any atom is 0.342 e. The van der Waals surface area contributed by atoms with Crippen LogP contribution < -0.4 is 19.9 Å². The minimum Gasteiger partial charge on any atom is -0.496 e. The molecule has 9 nitrogen and oxygen atoms in total. The van der Waals surface area contributed by atoms with E-state index in [2.05, 4.69) is 5.32 Å². The predicted molar refractivity (Wildman–Crippen MR) is 115 cm³/mol. The largest absolute Gasteiger partial charge is 0.496 e. The molecule has 2 rings (SSSR count). The van der Waals surface area contributed by atoms with Crippen LogP contribution in [0.3, 0.4) is 0 Å². The molecule has 3 N–H and O–H groups in total. The molecule has 0 aromatic heterocycles. The van der Waals surface area contributed by atoms with Crippen molar-refractivity contribution in [3.8, 4) is 11.5 Å². The zero-order chi connectivity index (χ0) is 23.4. The molecule has 0 saturated heterocycles. The van der Waals surface area contributed by atoms with Crippen LogP contribution in [-0.2, 0) is 25.0 Å². The number of hydrogen-bond donors (Lipinski definition) is 2. The average molecular weight is 451 g/mol. The van der Waals surface area contributed by atoms with Crippen LogP contribution in [0.1, 0.15) is 36.7 Å². The molecule has 0 spiro atoms. The third-order valence-corrected chi connectivity index (χ3v) is 5.30. The Bertz CT molecular complexity index is 1090. The van der Waals surface area contributed by atoms with Gasteiger partial charge in [-0.15, -0.1) is 0 Å². The second kappa shape index (κ2) is 9.36. The molecule has 31 heavy (non-hydrogen) atoms. The molecular weight excluding hydrogens is 424 g/mol. The fourth-order valence-electron chi connectivity index (χ4n) is 2.69. The van der Waals surface area contributed by atoms with Crippen LogP contribution in [0, 0.1) is 0 Å². The van der Waals surface area contributed by atoms with Gasteiger partial charge in [-0.1, -0.05) is 26.8 Å². The quantitative estimate of drug-likeness (QED) is 0.619. The topological polar surface area (TPSA) is 134 Å². The van der Waals surface area contributed by atoms with Gasteiger partial charge >= 0.3 is 5.97 Å². The second-order valence-electron chi connectivity index (χ2n) is 7.70. The average Bonchev–Trinajstić information content (AvgIpc) is 2.70. The minimum atomic E-state index is -4.04. The zero-order valence-electron chi connectivity index (χ0n) is 18.0. The molecule has 168 valence electrons. The lowest BCUT2D eigenvalue weighted by molar-refractivity contribution is -0.119. The molecule has 0 radical (unpaired) electrons. The summed E-state index contributed by atoms with van der Waals surface area (Å²) in [5.74, 6) is -1.00. The number of nitrogens with two attached hydrogens (primary N) is 1. The lowest BCUT2D eigenvalue weighted by Gasteiger charge is -2.21. The van der Waals surface area contributed by atoms with Gasteiger partial charge in [0.1, 0.15) is 17.1 Å². The highest BCUT2D eigenvalue weighted by atomic mass is 32.2. The monoisotopic (exact) mass is 450 g/mol. The van der Waals surface area contributed by atoms with E-state index in [1.807, 2.05) is 26.8 Å². The number of sulfonamides is 1. The molecule has 2 aromatic rings. The van der Waals surface area contributed by atoms with Gasteiger partial charge in [-0.2, -0.15) is 0 Å². The highest BCUT2D eigenvalue weighted by Crippen LogP contribution is 2.31. The number of anilines is 1. The summed E-state index contributed by atoms with van der Waals surface area (Å²) in [4.78, 5) is 24.5. The van der Waals surface area contributed by atoms with Crippen molar-refractivity contribution >= 4 is 27.6 Å². The number of methoxy groups -OCH3 is 2. The molecule has 2 aromatic carbocycles. The predicted octanol–water partition coefficient (Wildman–Crippen LogP) is 2.44. The van der Waals surface area contributed by atoms with Crippen LogP contribution in [0.15, 0.2) is 41.3 Å². The zero-order valence-corrected chi connectivity index (χ0v) is 18.8. The van der Waals surface area contributed by atoms with Gasteiger partial charge in [0.15, 0.2) is 6.61 Å². The van der Waals surface area contributed by atoms with Crippen LogP contribution in [0.2, 0.25) is 0 Å². The van der Waals surface area contributed by atoms with Crippen LogP contribution in [0.25, 0.3) is 0 Å². The number of benzene rings is 2. The third kappa shape index (κ3) is 6.19. The Kier molecular flexibility index (Phi) is 7.29. The molecule has 10 heteroatoms. The molecular formula is C21H26N2O7S. The van der Waals surface area contributed by atoms with Crippen molar-refractivity contribution in [3.05, 3.63) is 47.5 Å². The Hall–Kier alpha value is -3.11. The number of nitrogens with one attached hydrogen (secondary N) is 1. The summed E-state index contributed by atoms with van der Waals surface area (Å²) in [5, 5.41) is 7.76. The molecule has 0 heterocycles. The van der Waals surface area contributed by atoms with Crippen LogP contribution in [0.5, 0.6) is 11.5 Å². The summed E-state index contributed by atoms with van der Waals surface area (Å²) in [6, 6.07) is 8.94. The molecule has 0 aliphatic carbocycles. The van der Waals surface area contributed by atoms with E-state index < -0.39 is 28.5 Å². The van der Waals surface area contributed by atoms with Gasteiger partial charge in [0, 0.05) is 0 Å². The first-order valence-electron chi connectivity index (χ1n) is 9.23. The van der Waals surface area contributed by atoms with E-state index in [4.69, 9.17) is 19.3 Å². The summed E-state index contributed by atoms with van der Waals surface area (Å²) < 4.78 is 38.5. The van der Waals surface area contributed by atoms with E-state index in [1.165, 1.54) is 26.4 Å². The van der Waals surface area contributed by atoms with E-state index in [1.54, 1.807) is 12.1 Å². The molecule has 0 aliphatic rings. The molecule has 1 amide bonds. The van der Waals surface area contributed by atoms with Crippen LogP contribution in [-0.4, -0.2) is 41.1 Å². The lowest BCUT2D eigenvalue weighted by Crippen LogP contribution is -2.22. The lowest BCUT2D eigenvalue weighted by atomic mass is 9.87. The number of carbonyl (C=O) groups excluding carboxylic acids is 2. The number of hydrogen-bond acceptors (Lipinski definition) is 7. The third-order valence-electron chi connectivity index (χ3n) is 4.39. The molecule has 0 unspecified atom stereocenters. The van der Waals surface area contributed by atoms with Crippen molar-refractivity contribution in [1.29, 1.82) is 0 Å². The van der Waals surface area contributed by atoms with E-state index >= 15 is 0 Å². The highest BCUT2D eigenvalue weighted by Gasteiger charge is 2.21. The second-order valence-corrected chi connectivity index (χ2v) is 9.26. The van der Waals surface area contributed by atoms with Gasteiger partial charge in [-0.25, -0.2) is 18.4 Å². The van der Waals surface area contributed by atoms with Gasteiger partial charge in [0.25, 0.3) is 5.91 Å². The maximum absolute atomic E-state index is 12.4. The Morgan fingerprint density at radius 3 is 2.16 bits per heavy atom. The number of amides is 1. The first-order chi connectivity index (χ1) is 14.4. The van der Waals surface area contributed by atoms with Crippen LogP contribution in [0.4, 0.5) is 5.69 Å². The Balaban J connectivity index is 2.16. The van der Waals surface area contributed by atoms with Gasteiger partial charge in [0.05, 0.1) is 24.8 Å². The van der Waals surface area contributed by atoms with Gasteiger partial charge in [-0.3, -0.25) is 4.79 Å². The van der Waals surface area contributed by atoms with E-state index in [9.17, 15) is 18.0 Å². The smallest absolute Gasteiger partial charge is 0.342 e. The first kappa shape index (κ1) is 24.2. The van der Waals surface area contributed by atoms with Crippen molar-refractivity contribution in [2.45, 2.75) is 31.1 Å². The fourth-order valence-corrected chi connectivity index (χ4v) is 3.23. The normalized spacial score (nSPS) is 11.5. The summed E-state index contributed by atoms with van der Waals surface area (Å²) >= 11 is 0. The molecule has 0 fully saturated rings. The molecule has 0 saturated carbocycles. The van der Waals surface area contributed by atoms with Crippen molar-refractivity contribution in [1.82, 2.24) is 0 Å². The standard InChI is InChI=1S/C21H26N2O7S/c1-21(2,3)13-6-8-18(29-5)16(10-13)23-19(24)12-30-20(25)15-11-14(31(22,26)27)7-9-17(15)28-4/h6-11H,12H2,1-5H3,(H,23,24)(H2,22,26,27). The summed E-state index contributed by atoms with van der Waals surface area (Å²) in [7, 11) is -1.25. The van der Waals surface area contributed by atoms with Crippen LogP contribution >= 0.6 is 0 Å². The Morgan fingerprint density at radius 2 is 1.61 bits per heavy atom. The van der Waals surface area contributed by atoms with E-state index in [0.29, 0.717) is 11.4 Å². The van der Waals surface area contributed by atoms with Crippen molar-refractivity contribution in [2.24, 2.45) is 5.14 Å².